The Morgan fingerprint density at radius 1 is 1.43 bits per heavy atom. The van der Waals surface area contributed by atoms with Gasteiger partial charge in [-0.15, -0.1) is 11.3 Å². The van der Waals surface area contributed by atoms with E-state index in [1.807, 2.05) is 19.1 Å². The van der Waals surface area contributed by atoms with E-state index in [0.717, 1.165) is 16.5 Å². The van der Waals surface area contributed by atoms with Crippen LogP contribution >= 0.6 is 11.3 Å². The van der Waals surface area contributed by atoms with Gasteiger partial charge in [-0.1, -0.05) is 12.1 Å². The highest BCUT2D eigenvalue weighted by Crippen LogP contribution is 2.18. The second-order valence-corrected chi connectivity index (χ2v) is 5.31. The first-order chi connectivity index (χ1) is 10.1. The van der Waals surface area contributed by atoms with Gasteiger partial charge in [-0.05, 0) is 24.1 Å². The van der Waals surface area contributed by atoms with Crippen LogP contribution in [0.25, 0.3) is 11.0 Å². The van der Waals surface area contributed by atoms with E-state index in [2.05, 4.69) is 15.5 Å². The minimum Gasteiger partial charge on any atom is -0.423 e. The number of anilines is 2. The molecule has 21 heavy (non-hydrogen) atoms. The van der Waals surface area contributed by atoms with Gasteiger partial charge in [0, 0.05) is 16.8 Å². The Kier molecular flexibility index (Phi) is 3.41. The number of nitrogens with two attached hydrogens (primary N) is 1. The minimum absolute atomic E-state index is 0.356. The third-order valence-corrected chi connectivity index (χ3v) is 3.64. The molecule has 1 aromatic carbocycles. The first kappa shape index (κ1) is 13.3. The Labute approximate surface area is 123 Å². The van der Waals surface area contributed by atoms with E-state index in [0.29, 0.717) is 16.5 Å². The second-order valence-electron chi connectivity index (χ2n) is 4.45. The number of nitrogen functional groups attached to an aromatic ring is 1. The predicted molar refractivity (Wildman–Crippen MR) is 85.0 cm³/mol. The lowest BCUT2D eigenvalue weighted by molar-refractivity contribution is 0.560. The predicted octanol–water partition coefficient (Wildman–Crippen LogP) is 2.59. The molecule has 0 spiro atoms. The number of aryl methyl sites for hydroxylation is 1. The van der Waals surface area contributed by atoms with Crippen LogP contribution in [-0.4, -0.2) is 11.2 Å². The molecular weight excluding hydrogens is 288 g/mol. The fraction of sp³-hybridized carbons (Fsp3) is 0.0714. The van der Waals surface area contributed by atoms with Gasteiger partial charge in [-0.2, -0.15) is 5.10 Å². The average molecular weight is 300 g/mol. The molecule has 2 aromatic heterocycles. The molecule has 0 saturated carbocycles. The SMILES string of the molecule is Cc1cc(=O)oc2cc(C=NNc3nc(N)cs3)ccc12. The quantitative estimate of drug-likeness (QED) is 0.440. The van der Waals surface area contributed by atoms with Crippen molar-refractivity contribution in [3.63, 3.8) is 0 Å². The largest absolute Gasteiger partial charge is 0.423 e. The fourth-order valence-electron chi connectivity index (χ4n) is 1.92. The van der Waals surface area contributed by atoms with Crippen molar-refractivity contribution in [2.24, 2.45) is 5.10 Å². The van der Waals surface area contributed by atoms with Crippen LogP contribution in [0, 0.1) is 6.92 Å². The van der Waals surface area contributed by atoms with Crippen molar-refractivity contribution in [3.05, 3.63) is 51.2 Å². The third kappa shape index (κ3) is 2.92. The molecule has 3 aromatic rings. The number of benzene rings is 1. The standard InChI is InChI=1S/C14H12N4O2S/c1-8-4-13(19)20-11-5-9(2-3-10(8)11)6-16-18-14-17-12(15)7-21-14/h2-7H,15H2,1H3,(H,17,18). The average Bonchev–Trinajstić information content (AvgIpc) is 2.84. The zero-order valence-electron chi connectivity index (χ0n) is 11.2. The van der Waals surface area contributed by atoms with E-state index >= 15 is 0 Å². The molecule has 0 bridgehead atoms. The molecule has 0 atom stereocenters. The molecule has 106 valence electrons. The summed E-state index contributed by atoms with van der Waals surface area (Å²) in [4.78, 5) is 15.4. The van der Waals surface area contributed by atoms with Crippen molar-refractivity contribution < 1.29 is 4.42 Å². The molecule has 3 N–H and O–H groups in total. The van der Waals surface area contributed by atoms with E-state index in [9.17, 15) is 4.79 Å². The molecule has 7 heteroatoms. The Hall–Kier alpha value is -2.67. The molecule has 0 aliphatic heterocycles. The Morgan fingerprint density at radius 3 is 3.05 bits per heavy atom. The van der Waals surface area contributed by atoms with Crippen LogP contribution in [0.3, 0.4) is 0 Å². The molecule has 0 fully saturated rings. The third-order valence-electron chi connectivity index (χ3n) is 2.87. The molecule has 0 amide bonds. The van der Waals surface area contributed by atoms with E-state index in [1.54, 1.807) is 17.7 Å². The van der Waals surface area contributed by atoms with Gasteiger partial charge in [0.2, 0.25) is 5.13 Å². The summed E-state index contributed by atoms with van der Waals surface area (Å²) in [5.74, 6) is 0.459. The summed E-state index contributed by atoms with van der Waals surface area (Å²) in [5.41, 5.74) is 10.2. The van der Waals surface area contributed by atoms with Crippen molar-refractivity contribution >= 4 is 39.5 Å². The fourth-order valence-corrected chi connectivity index (χ4v) is 2.47. The lowest BCUT2D eigenvalue weighted by Gasteiger charge is -2.01. The Balaban J connectivity index is 1.85. The highest BCUT2D eigenvalue weighted by atomic mass is 32.1. The van der Waals surface area contributed by atoms with Crippen LogP contribution in [0.2, 0.25) is 0 Å². The van der Waals surface area contributed by atoms with Crippen molar-refractivity contribution in [2.45, 2.75) is 6.92 Å². The smallest absolute Gasteiger partial charge is 0.336 e. The minimum atomic E-state index is -0.356. The number of thiazole rings is 1. The van der Waals surface area contributed by atoms with Crippen LogP contribution in [-0.2, 0) is 0 Å². The maximum Gasteiger partial charge on any atom is 0.336 e. The molecule has 0 saturated heterocycles. The normalized spacial score (nSPS) is 11.3. The highest BCUT2D eigenvalue weighted by molar-refractivity contribution is 7.14. The number of rotatable bonds is 3. The van der Waals surface area contributed by atoms with Crippen LogP contribution in [0.1, 0.15) is 11.1 Å². The van der Waals surface area contributed by atoms with Gasteiger partial charge in [0.1, 0.15) is 11.4 Å². The van der Waals surface area contributed by atoms with Crippen LogP contribution < -0.4 is 16.8 Å². The second kappa shape index (κ2) is 5.37. The molecule has 2 heterocycles. The molecule has 6 nitrogen and oxygen atoms in total. The summed E-state index contributed by atoms with van der Waals surface area (Å²) < 4.78 is 5.19. The van der Waals surface area contributed by atoms with Crippen LogP contribution in [0.15, 0.2) is 44.0 Å². The zero-order valence-corrected chi connectivity index (χ0v) is 12.0. The van der Waals surface area contributed by atoms with Gasteiger partial charge in [-0.25, -0.2) is 9.78 Å². The maximum absolute atomic E-state index is 11.4. The molecular formula is C14H12N4O2S. The van der Waals surface area contributed by atoms with Gasteiger partial charge >= 0.3 is 5.63 Å². The summed E-state index contributed by atoms with van der Waals surface area (Å²) in [7, 11) is 0. The number of nitrogens with zero attached hydrogens (tertiary/aromatic N) is 2. The molecule has 0 aliphatic rings. The first-order valence-electron chi connectivity index (χ1n) is 6.16. The van der Waals surface area contributed by atoms with Gasteiger partial charge in [-0.3, -0.25) is 5.43 Å². The topological polar surface area (TPSA) is 93.5 Å². The van der Waals surface area contributed by atoms with Crippen molar-refractivity contribution in [2.75, 3.05) is 11.2 Å². The molecule has 0 aliphatic carbocycles. The van der Waals surface area contributed by atoms with Crippen molar-refractivity contribution in [1.29, 1.82) is 0 Å². The summed E-state index contributed by atoms with van der Waals surface area (Å²) in [6, 6.07) is 7.04. The van der Waals surface area contributed by atoms with Gasteiger partial charge in [0.25, 0.3) is 0 Å². The Bertz CT molecular complexity index is 882. The monoisotopic (exact) mass is 300 g/mol. The number of hydrogen-bond donors (Lipinski definition) is 2. The Morgan fingerprint density at radius 2 is 2.29 bits per heavy atom. The number of hydrogen-bond acceptors (Lipinski definition) is 7. The summed E-state index contributed by atoms with van der Waals surface area (Å²) in [5, 5.41) is 7.33. The first-order valence-corrected chi connectivity index (χ1v) is 7.04. The number of aromatic nitrogens is 1. The molecule has 3 rings (SSSR count). The molecule has 0 radical (unpaired) electrons. The number of hydrazone groups is 1. The van der Waals surface area contributed by atoms with Crippen molar-refractivity contribution in [3.8, 4) is 0 Å². The van der Waals surface area contributed by atoms with E-state index < -0.39 is 0 Å². The lowest BCUT2D eigenvalue weighted by Crippen LogP contribution is -1.98. The summed E-state index contributed by atoms with van der Waals surface area (Å²) >= 11 is 1.37. The lowest BCUT2D eigenvalue weighted by atomic mass is 10.1. The summed E-state index contributed by atoms with van der Waals surface area (Å²) in [6.45, 7) is 1.88. The van der Waals surface area contributed by atoms with Gasteiger partial charge in [0.15, 0.2) is 0 Å². The van der Waals surface area contributed by atoms with Gasteiger partial charge < -0.3 is 10.2 Å². The van der Waals surface area contributed by atoms with E-state index in [4.69, 9.17) is 10.2 Å². The van der Waals surface area contributed by atoms with Crippen LogP contribution in [0.5, 0.6) is 0 Å². The number of nitrogens with one attached hydrogen (secondary N) is 1. The zero-order chi connectivity index (χ0) is 14.8. The van der Waals surface area contributed by atoms with Crippen LogP contribution in [0.4, 0.5) is 10.9 Å². The number of fused-ring (bicyclic) bond motifs is 1. The summed E-state index contributed by atoms with van der Waals surface area (Å²) in [6.07, 6.45) is 1.62. The molecule has 0 unspecified atom stereocenters. The highest BCUT2D eigenvalue weighted by Gasteiger charge is 2.02. The van der Waals surface area contributed by atoms with E-state index in [1.165, 1.54) is 17.4 Å². The van der Waals surface area contributed by atoms with Crippen molar-refractivity contribution in [1.82, 2.24) is 4.98 Å². The van der Waals surface area contributed by atoms with E-state index in [-0.39, 0.29) is 5.63 Å². The van der Waals surface area contributed by atoms with Gasteiger partial charge in [0.05, 0.1) is 6.21 Å². The maximum atomic E-state index is 11.4.